The number of carbonyl (C=O) groups is 1. The standard InChI is InChI=1S/C11H16N2O2/c1-8-4-5-12-7-9(8)10(13(2)3)6-11(14)15/h4-5,7,10H,6H2,1-3H3,(H,14,15). The third-order valence-corrected chi connectivity index (χ3v) is 2.43. The van der Waals surface area contributed by atoms with Crippen molar-refractivity contribution in [2.45, 2.75) is 19.4 Å². The molecule has 0 aliphatic carbocycles. The van der Waals surface area contributed by atoms with Crippen LogP contribution in [0.15, 0.2) is 18.5 Å². The Hall–Kier alpha value is -1.42. The molecule has 0 saturated heterocycles. The molecule has 1 aromatic rings. The first-order valence-electron chi connectivity index (χ1n) is 4.81. The minimum absolute atomic E-state index is 0.0968. The van der Waals surface area contributed by atoms with Crippen LogP contribution in [0, 0.1) is 6.92 Å². The second kappa shape index (κ2) is 4.89. The first-order chi connectivity index (χ1) is 7.02. The molecule has 0 aliphatic heterocycles. The fourth-order valence-corrected chi connectivity index (χ4v) is 1.56. The summed E-state index contributed by atoms with van der Waals surface area (Å²) >= 11 is 0. The first-order valence-corrected chi connectivity index (χ1v) is 4.81. The van der Waals surface area contributed by atoms with Gasteiger partial charge in [-0.3, -0.25) is 9.78 Å². The number of hydrogen-bond acceptors (Lipinski definition) is 3. The van der Waals surface area contributed by atoms with Crippen LogP contribution in [0.2, 0.25) is 0 Å². The molecule has 1 N–H and O–H groups in total. The van der Waals surface area contributed by atoms with Crippen LogP contribution < -0.4 is 0 Å². The summed E-state index contributed by atoms with van der Waals surface area (Å²) in [6, 6.07) is 1.78. The number of aliphatic carboxylic acids is 1. The Kier molecular flexibility index (Phi) is 3.80. The SMILES string of the molecule is Cc1ccncc1C(CC(=O)O)N(C)C. The molecule has 0 radical (unpaired) electrons. The fourth-order valence-electron chi connectivity index (χ4n) is 1.56. The van der Waals surface area contributed by atoms with Crippen LogP contribution in [0.4, 0.5) is 0 Å². The Morgan fingerprint density at radius 3 is 2.73 bits per heavy atom. The quantitative estimate of drug-likeness (QED) is 0.814. The van der Waals surface area contributed by atoms with Gasteiger partial charge in [-0.15, -0.1) is 0 Å². The molecule has 0 bridgehead atoms. The van der Waals surface area contributed by atoms with Gasteiger partial charge in [0.1, 0.15) is 0 Å². The maximum atomic E-state index is 10.8. The molecule has 0 spiro atoms. The van der Waals surface area contributed by atoms with E-state index in [4.69, 9.17) is 5.11 Å². The highest BCUT2D eigenvalue weighted by Gasteiger charge is 2.19. The number of rotatable bonds is 4. The summed E-state index contributed by atoms with van der Waals surface area (Å²) in [5.74, 6) is -0.794. The highest BCUT2D eigenvalue weighted by Crippen LogP contribution is 2.23. The first kappa shape index (κ1) is 11.7. The lowest BCUT2D eigenvalue weighted by Gasteiger charge is -2.24. The minimum atomic E-state index is -0.794. The van der Waals surface area contributed by atoms with Crippen molar-refractivity contribution in [2.24, 2.45) is 0 Å². The smallest absolute Gasteiger partial charge is 0.305 e. The van der Waals surface area contributed by atoms with Crippen LogP contribution >= 0.6 is 0 Å². The van der Waals surface area contributed by atoms with Crippen molar-refractivity contribution in [3.05, 3.63) is 29.6 Å². The van der Waals surface area contributed by atoms with Crippen molar-refractivity contribution in [3.63, 3.8) is 0 Å². The molecule has 0 aromatic carbocycles. The predicted octanol–water partition coefficient (Wildman–Crippen LogP) is 1.47. The maximum absolute atomic E-state index is 10.8. The Labute approximate surface area is 89.6 Å². The summed E-state index contributed by atoms with van der Waals surface area (Å²) in [5, 5.41) is 8.84. The molecular formula is C11H16N2O2. The van der Waals surface area contributed by atoms with E-state index in [0.717, 1.165) is 11.1 Å². The van der Waals surface area contributed by atoms with Gasteiger partial charge in [-0.1, -0.05) is 0 Å². The second-order valence-corrected chi connectivity index (χ2v) is 3.81. The minimum Gasteiger partial charge on any atom is -0.481 e. The Bertz CT molecular complexity index is 350. The molecule has 1 aromatic heterocycles. The third-order valence-electron chi connectivity index (χ3n) is 2.43. The van der Waals surface area contributed by atoms with E-state index >= 15 is 0 Å². The van der Waals surface area contributed by atoms with E-state index in [1.54, 1.807) is 12.4 Å². The Balaban J connectivity index is 2.99. The van der Waals surface area contributed by atoms with Crippen molar-refractivity contribution in [1.29, 1.82) is 0 Å². The van der Waals surface area contributed by atoms with E-state index in [-0.39, 0.29) is 12.5 Å². The van der Waals surface area contributed by atoms with E-state index < -0.39 is 5.97 Å². The van der Waals surface area contributed by atoms with Gasteiger partial charge < -0.3 is 10.0 Å². The number of pyridine rings is 1. The maximum Gasteiger partial charge on any atom is 0.305 e. The van der Waals surface area contributed by atoms with Gasteiger partial charge in [0.2, 0.25) is 0 Å². The van der Waals surface area contributed by atoms with E-state index in [9.17, 15) is 4.79 Å². The van der Waals surface area contributed by atoms with Gasteiger partial charge in [-0.25, -0.2) is 0 Å². The summed E-state index contributed by atoms with van der Waals surface area (Å²) in [5.41, 5.74) is 2.05. The highest BCUT2D eigenvalue weighted by molar-refractivity contribution is 5.68. The lowest BCUT2D eigenvalue weighted by atomic mass is 10.0. The molecule has 4 nitrogen and oxygen atoms in total. The summed E-state index contributed by atoms with van der Waals surface area (Å²) in [6.45, 7) is 1.97. The predicted molar refractivity (Wildman–Crippen MR) is 57.7 cm³/mol. The van der Waals surface area contributed by atoms with Crippen molar-refractivity contribution >= 4 is 5.97 Å². The monoisotopic (exact) mass is 208 g/mol. The molecule has 82 valence electrons. The van der Waals surface area contributed by atoms with Gasteiger partial charge in [0.05, 0.1) is 6.42 Å². The topological polar surface area (TPSA) is 53.4 Å². The zero-order chi connectivity index (χ0) is 11.4. The van der Waals surface area contributed by atoms with Gasteiger partial charge in [0, 0.05) is 18.4 Å². The van der Waals surface area contributed by atoms with Gasteiger partial charge in [-0.05, 0) is 38.2 Å². The molecule has 15 heavy (non-hydrogen) atoms. The van der Waals surface area contributed by atoms with Crippen molar-refractivity contribution in [1.82, 2.24) is 9.88 Å². The van der Waals surface area contributed by atoms with Crippen molar-refractivity contribution in [3.8, 4) is 0 Å². The lowest BCUT2D eigenvalue weighted by Crippen LogP contribution is -2.23. The fraction of sp³-hybridized carbons (Fsp3) is 0.455. The van der Waals surface area contributed by atoms with Crippen LogP contribution in [0.25, 0.3) is 0 Å². The second-order valence-electron chi connectivity index (χ2n) is 3.81. The molecule has 0 fully saturated rings. The van der Waals surface area contributed by atoms with Crippen molar-refractivity contribution in [2.75, 3.05) is 14.1 Å². The zero-order valence-electron chi connectivity index (χ0n) is 9.27. The normalized spacial score (nSPS) is 12.8. The van der Waals surface area contributed by atoms with E-state index in [2.05, 4.69) is 4.98 Å². The molecule has 1 unspecified atom stereocenters. The molecule has 0 aliphatic rings. The lowest BCUT2D eigenvalue weighted by molar-refractivity contribution is -0.138. The zero-order valence-corrected chi connectivity index (χ0v) is 9.27. The number of hydrogen-bond donors (Lipinski definition) is 1. The molecule has 0 amide bonds. The van der Waals surface area contributed by atoms with Gasteiger partial charge >= 0.3 is 5.97 Å². The average molecular weight is 208 g/mol. The number of carboxylic acid groups (broad SMARTS) is 1. The van der Waals surface area contributed by atoms with Crippen LogP contribution in [-0.4, -0.2) is 35.1 Å². The molecule has 4 heteroatoms. The van der Waals surface area contributed by atoms with Crippen LogP contribution in [-0.2, 0) is 4.79 Å². The van der Waals surface area contributed by atoms with Crippen molar-refractivity contribution < 1.29 is 9.90 Å². The van der Waals surface area contributed by atoms with Gasteiger partial charge in [0.25, 0.3) is 0 Å². The molecule has 0 saturated carbocycles. The van der Waals surface area contributed by atoms with Crippen LogP contribution in [0.1, 0.15) is 23.6 Å². The number of aryl methyl sites for hydroxylation is 1. The number of carboxylic acids is 1. The van der Waals surface area contributed by atoms with Gasteiger partial charge in [0.15, 0.2) is 0 Å². The van der Waals surface area contributed by atoms with Crippen LogP contribution in [0.3, 0.4) is 0 Å². The Morgan fingerprint density at radius 2 is 2.27 bits per heavy atom. The average Bonchev–Trinajstić information content (AvgIpc) is 2.15. The van der Waals surface area contributed by atoms with Crippen LogP contribution in [0.5, 0.6) is 0 Å². The summed E-state index contributed by atoms with van der Waals surface area (Å²) in [6.07, 6.45) is 3.55. The largest absolute Gasteiger partial charge is 0.481 e. The number of nitrogens with zero attached hydrogens (tertiary/aromatic N) is 2. The van der Waals surface area contributed by atoms with E-state index in [1.165, 1.54) is 0 Å². The van der Waals surface area contributed by atoms with E-state index in [1.807, 2.05) is 32.0 Å². The number of aromatic nitrogens is 1. The summed E-state index contributed by atoms with van der Waals surface area (Å²) < 4.78 is 0. The summed E-state index contributed by atoms with van der Waals surface area (Å²) in [4.78, 5) is 16.7. The van der Waals surface area contributed by atoms with E-state index in [0.29, 0.717) is 0 Å². The van der Waals surface area contributed by atoms with Gasteiger partial charge in [-0.2, -0.15) is 0 Å². The summed E-state index contributed by atoms with van der Waals surface area (Å²) in [7, 11) is 3.75. The molecule has 1 atom stereocenters. The molecule has 1 heterocycles. The molecular weight excluding hydrogens is 192 g/mol. The molecule has 1 rings (SSSR count). The Morgan fingerprint density at radius 1 is 1.60 bits per heavy atom. The third kappa shape index (κ3) is 3.02. The highest BCUT2D eigenvalue weighted by atomic mass is 16.4.